The second-order valence-electron chi connectivity index (χ2n) is 5.32. The average Bonchev–Trinajstić information content (AvgIpc) is 2.57. The molecule has 0 unspecified atom stereocenters. The molecule has 144 valence electrons. The number of phenols is 2. The predicted molar refractivity (Wildman–Crippen MR) is 106 cm³/mol. The van der Waals surface area contributed by atoms with E-state index in [-0.39, 0.29) is 11.5 Å². The number of hydrogen-bond donors (Lipinski definition) is 6. The smallest absolute Gasteiger partial charge is 0.466 e. The van der Waals surface area contributed by atoms with Gasteiger partial charge in [-0.25, -0.2) is 4.57 Å². The van der Waals surface area contributed by atoms with Crippen LogP contribution in [0.4, 0.5) is 11.4 Å². The monoisotopic (exact) mass is 457 g/mol. The zero-order valence-electron chi connectivity index (χ0n) is 14.0. The molecule has 0 aliphatic rings. The minimum Gasteiger partial charge on any atom is -0.504 e. The predicted octanol–water partition coefficient (Wildman–Crippen LogP) is 3.84. The Kier molecular flexibility index (Phi) is 6.69. The van der Waals surface area contributed by atoms with E-state index in [0.717, 1.165) is 15.2 Å². The summed E-state index contributed by atoms with van der Waals surface area (Å²) in [5.41, 5.74) is 1.14. The number of benzene rings is 3. The molecule has 3 aromatic rings. The summed E-state index contributed by atoms with van der Waals surface area (Å²) in [6, 6.07) is 14.5. The summed E-state index contributed by atoms with van der Waals surface area (Å²) in [6.07, 6.45) is 0. The molecule has 0 spiro atoms. The van der Waals surface area contributed by atoms with Crippen molar-refractivity contribution < 1.29 is 34.2 Å². The molecule has 0 aliphatic heterocycles. The Hall–Kier alpha value is -2.29. The molecule has 0 aliphatic carbocycles. The van der Waals surface area contributed by atoms with E-state index in [1.807, 2.05) is 42.5 Å². The van der Waals surface area contributed by atoms with Gasteiger partial charge in [0.15, 0.2) is 11.5 Å². The molecule has 0 bridgehead atoms. The Labute approximate surface area is 163 Å². The summed E-state index contributed by atoms with van der Waals surface area (Å²) in [5, 5.41) is 24.9. The van der Waals surface area contributed by atoms with E-state index in [0.29, 0.717) is 17.1 Å². The zero-order valence-corrected chi connectivity index (χ0v) is 16.5. The molecule has 0 heterocycles. The largest absolute Gasteiger partial charge is 0.504 e. The average molecular weight is 458 g/mol. The molecule has 10 heteroatoms. The van der Waals surface area contributed by atoms with Crippen LogP contribution in [0, 0.1) is 0 Å². The molecule has 8 nitrogen and oxygen atoms in total. The number of methoxy groups -OCH3 is 1. The number of halogens is 1. The number of anilines is 2. The van der Waals surface area contributed by atoms with E-state index in [4.69, 9.17) is 24.0 Å². The minimum absolute atomic E-state index is 0.178. The SMILES string of the molecule is COc1ccccc1Nc1c(O)c(O)cc2cc(Br)ccc12.O=P(O)(O)O. The van der Waals surface area contributed by atoms with Crippen molar-refractivity contribution in [3.8, 4) is 17.2 Å². The lowest BCUT2D eigenvalue weighted by atomic mass is 10.1. The van der Waals surface area contributed by atoms with Crippen LogP contribution >= 0.6 is 23.8 Å². The van der Waals surface area contributed by atoms with Crippen molar-refractivity contribution in [2.75, 3.05) is 12.4 Å². The Morgan fingerprint density at radius 2 is 1.67 bits per heavy atom. The molecular formula is C17H17BrNO7P. The molecule has 6 N–H and O–H groups in total. The summed E-state index contributed by atoms with van der Waals surface area (Å²) >= 11 is 3.41. The van der Waals surface area contributed by atoms with Crippen LogP contribution in [0.2, 0.25) is 0 Å². The molecule has 0 atom stereocenters. The van der Waals surface area contributed by atoms with E-state index in [1.165, 1.54) is 6.07 Å². The third kappa shape index (κ3) is 5.85. The van der Waals surface area contributed by atoms with Crippen LogP contribution in [0.1, 0.15) is 0 Å². The fourth-order valence-electron chi connectivity index (χ4n) is 2.36. The molecule has 3 aromatic carbocycles. The number of hydrogen-bond acceptors (Lipinski definition) is 5. The Morgan fingerprint density at radius 1 is 1.04 bits per heavy atom. The van der Waals surface area contributed by atoms with Crippen molar-refractivity contribution in [3.63, 3.8) is 0 Å². The standard InChI is InChI=1S/C17H14BrNO3.H3O4P/c1-22-15-5-3-2-4-13(15)19-16-12-7-6-11(18)8-10(12)9-14(20)17(16)21;1-5(2,3)4/h2-9,19-21H,1H3;(H3,1,2,3,4). The lowest BCUT2D eigenvalue weighted by Gasteiger charge is -2.15. The van der Waals surface area contributed by atoms with Gasteiger partial charge in [-0.05, 0) is 35.7 Å². The highest BCUT2D eigenvalue weighted by Gasteiger charge is 2.14. The van der Waals surface area contributed by atoms with Crippen molar-refractivity contribution in [1.82, 2.24) is 0 Å². The van der Waals surface area contributed by atoms with Crippen molar-refractivity contribution in [2.24, 2.45) is 0 Å². The minimum atomic E-state index is -4.64. The van der Waals surface area contributed by atoms with Gasteiger partial charge in [0, 0.05) is 9.86 Å². The van der Waals surface area contributed by atoms with Gasteiger partial charge >= 0.3 is 7.82 Å². The van der Waals surface area contributed by atoms with E-state index < -0.39 is 7.82 Å². The van der Waals surface area contributed by atoms with Gasteiger partial charge in [-0.3, -0.25) is 0 Å². The number of fused-ring (bicyclic) bond motifs is 1. The maximum Gasteiger partial charge on any atom is 0.466 e. The quantitative estimate of drug-likeness (QED) is 0.257. The highest BCUT2D eigenvalue weighted by atomic mass is 79.9. The highest BCUT2D eigenvalue weighted by molar-refractivity contribution is 9.10. The van der Waals surface area contributed by atoms with Gasteiger partial charge in [-0.15, -0.1) is 0 Å². The summed E-state index contributed by atoms with van der Waals surface area (Å²) in [7, 11) is -3.06. The lowest BCUT2D eigenvalue weighted by Crippen LogP contribution is -1.96. The number of aromatic hydroxyl groups is 2. The molecule has 0 radical (unpaired) electrons. The molecule has 27 heavy (non-hydrogen) atoms. The van der Waals surface area contributed by atoms with Gasteiger partial charge in [-0.1, -0.05) is 34.1 Å². The molecule has 0 aromatic heterocycles. The van der Waals surface area contributed by atoms with Crippen LogP contribution in [0.15, 0.2) is 53.0 Å². The van der Waals surface area contributed by atoms with Gasteiger partial charge in [0.05, 0.1) is 18.5 Å². The first-order valence-electron chi connectivity index (χ1n) is 7.42. The first kappa shape index (κ1) is 21.0. The number of nitrogens with one attached hydrogen (secondary N) is 1. The second-order valence-corrected chi connectivity index (χ2v) is 7.27. The molecule has 0 fully saturated rings. The van der Waals surface area contributed by atoms with Crippen molar-refractivity contribution in [3.05, 3.63) is 53.0 Å². The van der Waals surface area contributed by atoms with Crippen LogP contribution < -0.4 is 10.1 Å². The van der Waals surface area contributed by atoms with Crippen molar-refractivity contribution >= 4 is 45.9 Å². The number of phenolic OH excluding ortho intramolecular Hbond substituents is 2. The van der Waals surface area contributed by atoms with E-state index in [2.05, 4.69) is 21.2 Å². The third-order valence-corrected chi connectivity index (χ3v) is 3.91. The molecule has 0 saturated carbocycles. The van der Waals surface area contributed by atoms with Gasteiger partial charge in [0.2, 0.25) is 0 Å². The zero-order chi connectivity index (χ0) is 20.2. The van der Waals surface area contributed by atoms with Gasteiger partial charge in [0.1, 0.15) is 5.75 Å². The second kappa shape index (κ2) is 8.60. The van der Waals surface area contributed by atoms with Crippen molar-refractivity contribution in [2.45, 2.75) is 0 Å². The van der Waals surface area contributed by atoms with Gasteiger partial charge in [0.25, 0.3) is 0 Å². The van der Waals surface area contributed by atoms with Gasteiger partial charge in [-0.2, -0.15) is 0 Å². The van der Waals surface area contributed by atoms with Crippen LogP contribution in [0.25, 0.3) is 10.8 Å². The maximum atomic E-state index is 10.2. The Balaban J connectivity index is 0.000000465. The normalized spacial score (nSPS) is 10.9. The summed E-state index contributed by atoms with van der Waals surface area (Å²) < 4.78 is 15.1. The fraction of sp³-hybridized carbons (Fsp3) is 0.0588. The first-order valence-corrected chi connectivity index (χ1v) is 9.78. The van der Waals surface area contributed by atoms with Crippen LogP contribution in [-0.2, 0) is 4.57 Å². The molecule has 0 amide bonds. The summed E-state index contributed by atoms with van der Waals surface area (Å²) in [6.45, 7) is 0. The van der Waals surface area contributed by atoms with E-state index >= 15 is 0 Å². The fourth-order valence-corrected chi connectivity index (χ4v) is 2.74. The number of phosphoric acid groups is 1. The van der Waals surface area contributed by atoms with E-state index in [9.17, 15) is 10.2 Å². The highest BCUT2D eigenvalue weighted by Crippen LogP contribution is 2.43. The lowest BCUT2D eigenvalue weighted by molar-refractivity contribution is 0.275. The molecular weight excluding hydrogens is 441 g/mol. The number of ether oxygens (including phenoxy) is 1. The maximum absolute atomic E-state index is 10.2. The van der Waals surface area contributed by atoms with Crippen LogP contribution in [0.3, 0.4) is 0 Å². The van der Waals surface area contributed by atoms with Crippen molar-refractivity contribution in [1.29, 1.82) is 0 Å². The number of rotatable bonds is 3. The Bertz CT molecular complexity index is 998. The van der Waals surface area contributed by atoms with Crippen LogP contribution in [0.5, 0.6) is 17.2 Å². The number of para-hydroxylation sites is 2. The van der Waals surface area contributed by atoms with E-state index in [1.54, 1.807) is 7.11 Å². The first-order chi connectivity index (χ1) is 12.6. The third-order valence-electron chi connectivity index (χ3n) is 3.42. The van der Waals surface area contributed by atoms with Gasteiger partial charge < -0.3 is 34.9 Å². The summed E-state index contributed by atoms with van der Waals surface area (Å²) in [4.78, 5) is 21.6. The summed E-state index contributed by atoms with van der Waals surface area (Å²) in [5.74, 6) is 0.277. The topological polar surface area (TPSA) is 139 Å². The van der Waals surface area contributed by atoms with Crippen LogP contribution in [-0.4, -0.2) is 32.0 Å². The Morgan fingerprint density at radius 3 is 2.30 bits per heavy atom. The molecule has 0 saturated heterocycles. The molecule has 3 rings (SSSR count).